The van der Waals surface area contributed by atoms with Gasteiger partial charge < -0.3 is 0 Å². The zero-order valence-corrected chi connectivity index (χ0v) is 11.5. The number of aryl methyl sites for hydroxylation is 2. The minimum Gasteiger partial charge on any atom is -0.251 e. The zero-order chi connectivity index (χ0) is 13.7. The first-order valence-electron chi connectivity index (χ1n) is 6.79. The molecule has 0 saturated heterocycles. The van der Waals surface area contributed by atoms with Crippen LogP contribution < -0.4 is 0 Å². The third kappa shape index (κ3) is 1.58. The van der Waals surface area contributed by atoms with Crippen molar-refractivity contribution in [1.29, 1.82) is 0 Å². The molecule has 0 aliphatic rings. The van der Waals surface area contributed by atoms with Crippen molar-refractivity contribution in [1.82, 2.24) is 9.97 Å². The average molecular weight is 258 g/mol. The van der Waals surface area contributed by atoms with E-state index in [1.165, 1.54) is 16.3 Å². The SMILES string of the molecule is Cc1cc(C)c2ccc3cc4ccccc4nc3c2n1. The number of hydrogen-bond acceptors (Lipinski definition) is 2. The number of para-hydroxylation sites is 1. The third-order valence-corrected chi connectivity index (χ3v) is 3.80. The third-order valence-electron chi connectivity index (χ3n) is 3.80. The van der Waals surface area contributed by atoms with Crippen molar-refractivity contribution in [3.05, 3.63) is 59.8 Å². The minimum absolute atomic E-state index is 0.994. The summed E-state index contributed by atoms with van der Waals surface area (Å²) in [6.07, 6.45) is 0. The van der Waals surface area contributed by atoms with E-state index in [-0.39, 0.29) is 0 Å². The molecule has 2 heteroatoms. The topological polar surface area (TPSA) is 25.8 Å². The van der Waals surface area contributed by atoms with Gasteiger partial charge in [0.2, 0.25) is 0 Å². The molecule has 0 spiro atoms. The fourth-order valence-corrected chi connectivity index (χ4v) is 2.86. The number of aromatic nitrogens is 2. The second-order valence-corrected chi connectivity index (χ2v) is 5.30. The minimum atomic E-state index is 0.994. The first kappa shape index (κ1) is 11.4. The van der Waals surface area contributed by atoms with Crippen LogP contribution in [0.5, 0.6) is 0 Å². The fraction of sp³-hybridized carbons (Fsp3) is 0.111. The second kappa shape index (κ2) is 4.01. The van der Waals surface area contributed by atoms with Crippen LogP contribution in [0.1, 0.15) is 11.3 Å². The quantitative estimate of drug-likeness (QED) is 0.341. The van der Waals surface area contributed by atoms with Crippen LogP contribution in [0.25, 0.3) is 32.7 Å². The smallest absolute Gasteiger partial charge is 0.0972 e. The Labute approximate surface area is 117 Å². The lowest BCUT2D eigenvalue weighted by Gasteiger charge is -2.08. The maximum absolute atomic E-state index is 4.83. The van der Waals surface area contributed by atoms with Crippen LogP contribution in [0.4, 0.5) is 0 Å². The molecule has 0 unspecified atom stereocenters. The van der Waals surface area contributed by atoms with E-state index in [2.05, 4.69) is 43.3 Å². The maximum atomic E-state index is 4.83. The van der Waals surface area contributed by atoms with Gasteiger partial charge in [0.15, 0.2) is 0 Å². The summed E-state index contributed by atoms with van der Waals surface area (Å²) in [6, 6.07) is 16.8. The molecular formula is C18H14N2. The van der Waals surface area contributed by atoms with E-state index in [1.807, 2.05) is 19.1 Å². The van der Waals surface area contributed by atoms with Gasteiger partial charge >= 0.3 is 0 Å². The summed E-state index contributed by atoms with van der Waals surface area (Å²) in [5.74, 6) is 0. The summed E-state index contributed by atoms with van der Waals surface area (Å²) >= 11 is 0. The summed E-state index contributed by atoms with van der Waals surface area (Å²) in [6.45, 7) is 4.16. The highest BCUT2D eigenvalue weighted by Gasteiger charge is 2.07. The molecular weight excluding hydrogens is 244 g/mol. The number of nitrogens with zero attached hydrogens (tertiary/aromatic N) is 2. The Kier molecular flexibility index (Phi) is 2.27. The molecule has 20 heavy (non-hydrogen) atoms. The van der Waals surface area contributed by atoms with Gasteiger partial charge in [-0.25, -0.2) is 4.98 Å². The first-order chi connectivity index (χ1) is 9.72. The number of hydrogen-bond donors (Lipinski definition) is 0. The van der Waals surface area contributed by atoms with Crippen LogP contribution in [0.2, 0.25) is 0 Å². The molecule has 0 saturated carbocycles. The van der Waals surface area contributed by atoms with Gasteiger partial charge in [-0.15, -0.1) is 0 Å². The summed E-state index contributed by atoms with van der Waals surface area (Å²) in [5, 5.41) is 3.50. The molecule has 2 aromatic heterocycles. The molecule has 4 aromatic rings. The zero-order valence-electron chi connectivity index (χ0n) is 11.5. The predicted molar refractivity (Wildman–Crippen MR) is 84.0 cm³/mol. The molecule has 0 bridgehead atoms. The normalized spacial score (nSPS) is 11.5. The van der Waals surface area contributed by atoms with Gasteiger partial charge in [-0.05, 0) is 37.6 Å². The highest BCUT2D eigenvalue weighted by molar-refractivity contribution is 6.07. The lowest BCUT2D eigenvalue weighted by Crippen LogP contribution is -1.91. The van der Waals surface area contributed by atoms with Crippen molar-refractivity contribution in [3.63, 3.8) is 0 Å². The number of rotatable bonds is 0. The van der Waals surface area contributed by atoms with Crippen molar-refractivity contribution in [2.75, 3.05) is 0 Å². The van der Waals surface area contributed by atoms with Crippen molar-refractivity contribution in [2.24, 2.45) is 0 Å². The molecule has 0 N–H and O–H groups in total. The molecule has 0 fully saturated rings. The summed E-state index contributed by atoms with van der Waals surface area (Å²) in [5.41, 5.74) is 5.31. The molecule has 0 aliphatic heterocycles. The van der Waals surface area contributed by atoms with Crippen molar-refractivity contribution in [3.8, 4) is 0 Å². The number of pyridine rings is 2. The van der Waals surface area contributed by atoms with Crippen LogP contribution in [-0.2, 0) is 0 Å². The van der Waals surface area contributed by atoms with Gasteiger partial charge in [0.05, 0.1) is 16.6 Å². The fourth-order valence-electron chi connectivity index (χ4n) is 2.86. The predicted octanol–water partition coefficient (Wildman–Crippen LogP) is 4.55. The maximum Gasteiger partial charge on any atom is 0.0972 e. The molecule has 0 radical (unpaired) electrons. The van der Waals surface area contributed by atoms with Crippen LogP contribution in [0, 0.1) is 13.8 Å². The monoisotopic (exact) mass is 258 g/mol. The van der Waals surface area contributed by atoms with E-state index in [0.29, 0.717) is 0 Å². The van der Waals surface area contributed by atoms with E-state index in [1.54, 1.807) is 0 Å². The number of fused-ring (bicyclic) bond motifs is 4. The second-order valence-electron chi connectivity index (χ2n) is 5.30. The van der Waals surface area contributed by atoms with Gasteiger partial charge in [-0.2, -0.15) is 0 Å². The Balaban J connectivity index is 2.26. The Hall–Kier alpha value is -2.48. The lowest BCUT2D eigenvalue weighted by molar-refractivity contribution is 1.24. The number of benzene rings is 2. The van der Waals surface area contributed by atoms with Crippen LogP contribution in [0.3, 0.4) is 0 Å². The van der Waals surface area contributed by atoms with Crippen molar-refractivity contribution in [2.45, 2.75) is 13.8 Å². The van der Waals surface area contributed by atoms with E-state index >= 15 is 0 Å². The standard InChI is InChI=1S/C18H14N2/c1-11-9-12(2)19-18-15(11)8-7-14-10-13-5-3-4-6-16(13)20-17(14)18/h3-10H,1-2H3. The molecule has 0 aliphatic carbocycles. The van der Waals surface area contributed by atoms with E-state index in [9.17, 15) is 0 Å². The highest BCUT2D eigenvalue weighted by atomic mass is 14.8. The Morgan fingerprint density at radius 3 is 2.50 bits per heavy atom. The van der Waals surface area contributed by atoms with Gasteiger partial charge in [0.25, 0.3) is 0 Å². The van der Waals surface area contributed by atoms with E-state index in [0.717, 1.165) is 27.6 Å². The Bertz CT molecular complexity index is 971. The molecule has 4 rings (SSSR count). The van der Waals surface area contributed by atoms with E-state index < -0.39 is 0 Å². The summed E-state index contributed by atoms with van der Waals surface area (Å²) in [7, 11) is 0. The highest BCUT2D eigenvalue weighted by Crippen LogP contribution is 2.27. The molecule has 2 aromatic carbocycles. The molecule has 0 amide bonds. The summed E-state index contributed by atoms with van der Waals surface area (Å²) in [4.78, 5) is 9.53. The molecule has 2 nitrogen and oxygen atoms in total. The first-order valence-corrected chi connectivity index (χ1v) is 6.79. The van der Waals surface area contributed by atoms with Gasteiger partial charge in [-0.3, -0.25) is 4.98 Å². The van der Waals surface area contributed by atoms with Crippen molar-refractivity contribution >= 4 is 32.7 Å². The van der Waals surface area contributed by atoms with Gasteiger partial charge in [0.1, 0.15) is 0 Å². The molecule has 96 valence electrons. The Morgan fingerprint density at radius 2 is 1.60 bits per heavy atom. The summed E-state index contributed by atoms with van der Waals surface area (Å²) < 4.78 is 0. The molecule has 2 heterocycles. The average Bonchev–Trinajstić information content (AvgIpc) is 2.45. The van der Waals surface area contributed by atoms with Gasteiger partial charge in [-0.1, -0.05) is 30.3 Å². The van der Waals surface area contributed by atoms with Gasteiger partial charge in [0, 0.05) is 21.9 Å². The Morgan fingerprint density at radius 1 is 0.750 bits per heavy atom. The van der Waals surface area contributed by atoms with Crippen LogP contribution >= 0.6 is 0 Å². The van der Waals surface area contributed by atoms with Crippen molar-refractivity contribution < 1.29 is 0 Å². The van der Waals surface area contributed by atoms with E-state index in [4.69, 9.17) is 9.97 Å². The van der Waals surface area contributed by atoms with Crippen LogP contribution in [-0.4, -0.2) is 9.97 Å². The lowest BCUT2D eigenvalue weighted by atomic mass is 10.0. The largest absolute Gasteiger partial charge is 0.251 e. The van der Waals surface area contributed by atoms with Crippen LogP contribution in [0.15, 0.2) is 48.5 Å². The molecule has 0 atom stereocenters.